The van der Waals surface area contributed by atoms with Crippen LogP contribution >= 0.6 is 24.4 Å². The second kappa shape index (κ2) is 11.0. The lowest BCUT2D eigenvalue weighted by atomic mass is 10.1. The van der Waals surface area contributed by atoms with Gasteiger partial charge in [-0.1, -0.05) is 6.07 Å². The van der Waals surface area contributed by atoms with E-state index in [9.17, 15) is 10.1 Å². The summed E-state index contributed by atoms with van der Waals surface area (Å²) in [6.45, 7) is 0.603. The van der Waals surface area contributed by atoms with Gasteiger partial charge in [-0.25, -0.2) is 0 Å². The van der Waals surface area contributed by atoms with Crippen molar-refractivity contribution in [2.24, 2.45) is 0 Å². The molecule has 154 valence electrons. The van der Waals surface area contributed by atoms with E-state index in [4.69, 9.17) is 33.9 Å². The summed E-state index contributed by atoms with van der Waals surface area (Å²) in [7, 11) is 3.19. The molecule has 0 aliphatic carbocycles. The van der Waals surface area contributed by atoms with Crippen LogP contribution in [-0.2, 0) is 6.42 Å². The van der Waals surface area contributed by atoms with Gasteiger partial charge in [0.1, 0.15) is 0 Å². The van der Waals surface area contributed by atoms with E-state index in [0.29, 0.717) is 28.8 Å². The van der Waals surface area contributed by atoms with E-state index in [1.807, 2.05) is 18.2 Å². The summed E-state index contributed by atoms with van der Waals surface area (Å²) >= 11 is 10.3. The van der Waals surface area contributed by atoms with Crippen molar-refractivity contribution < 1.29 is 14.4 Å². The van der Waals surface area contributed by atoms with E-state index in [1.54, 1.807) is 26.4 Å². The molecule has 0 bridgehead atoms. The zero-order valence-electron chi connectivity index (χ0n) is 15.9. The van der Waals surface area contributed by atoms with E-state index < -0.39 is 4.92 Å². The largest absolute Gasteiger partial charge is 0.493 e. The summed E-state index contributed by atoms with van der Waals surface area (Å²) in [6.07, 6.45) is 0.730. The second-order valence-corrected chi connectivity index (χ2v) is 6.52. The Hall–Kier alpha value is -3.18. The number of nitro benzene ring substituents is 1. The average Bonchev–Trinajstić information content (AvgIpc) is 2.72. The monoisotopic (exact) mass is 435 g/mol. The van der Waals surface area contributed by atoms with Crippen LogP contribution in [0.1, 0.15) is 5.56 Å². The summed E-state index contributed by atoms with van der Waals surface area (Å²) in [6, 6.07) is 11.6. The molecule has 0 radical (unpaired) electrons. The average molecular weight is 436 g/mol. The van der Waals surface area contributed by atoms with Crippen molar-refractivity contribution in [1.82, 2.24) is 16.2 Å². The number of nitro groups is 1. The summed E-state index contributed by atoms with van der Waals surface area (Å²) in [5.41, 5.74) is 7.21. The Bertz CT molecular complexity index is 877. The zero-order chi connectivity index (χ0) is 21.2. The number of thiocarbonyl (C=S) groups is 2. The van der Waals surface area contributed by atoms with Crippen molar-refractivity contribution in [2.45, 2.75) is 6.42 Å². The normalized spacial score (nSPS) is 9.86. The molecular formula is C18H21N5O4S2. The number of rotatable bonds is 7. The van der Waals surface area contributed by atoms with Crippen molar-refractivity contribution in [2.75, 3.05) is 26.1 Å². The maximum Gasteiger partial charge on any atom is 0.269 e. The fourth-order valence-corrected chi connectivity index (χ4v) is 2.67. The van der Waals surface area contributed by atoms with E-state index in [-0.39, 0.29) is 10.8 Å². The van der Waals surface area contributed by atoms with Crippen LogP contribution in [0.25, 0.3) is 0 Å². The third-order valence-corrected chi connectivity index (χ3v) is 4.22. The van der Waals surface area contributed by atoms with Gasteiger partial charge in [0.05, 0.1) is 19.1 Å². The molecule has 0 aliphatic heterocycles. The minimum absolute atomic E-state index is 0.00686. The third-order valence-electron chi connectivity index (χ3n) is 3.77. The lowest BCUT2D eigenvalue weighted by Gasteiger charge is -2.14. The number of nitrogens with one attached hydrogen (secondary N) is 4. The quantitative estimate of drug-likeness (QED) is 0.294. The third kappa shape index (κ3) is 7.05. The maximum atomic E-state index is 10.7. The molecule has 11 heteroatoms. The number of anilines is 1. The highest BCUT2D eigenvalue weighted by Crippen LogP contribution is 2.27. The minimum Gasteiger partial charge on any atom is -0.493 e. The molecule has 0 atom stereocenters. The van der Waals surface area contributed by atoms with Crippen LogP contribution in [-0.4, -0.2) is 35.9 Å². The Morgan fingerprint density at radius 1 is 1.00 bits per heavy atom. The smallest absolute Gasteiger partial charge is 0.269 e. The first-order valence-electron chi connectivity index (χ1n) is 8.49. The number of hydrogen-bond acceptors (Lipinski definition) is 6. The number of nitrogens with zero attached hydrogens (tertiary/aromatic N) is 1. The van der Waals surface area contributed by atoms with Crippen LogP contribution in [0.3, 0.4) is 0 Å². The van der Waals surface area contributed by atoms with Gasteiger partial charge in [0.25, 0.3) is 5.69 Å². The van der Waals surface area contributed by atoms with Gasteiger partial charge >= 0.3 is 0 Å². The molecule has 0 aromatic heterocycles. The van der Waals surface area contributed by atoms with Crippen LogP contribution in [0.5, 0.6) is 11.5 Å². The van der Waals surface area contributed by atoms with Crippen LogP contribution in [0, 0.1) is 10.1 Å². The molecule has 0 unspecified atom stereocenters. The van der Waals surface area contributed by atoms with Gasteiger partial charge in [-0.2, -0.15) is 0 Å². The number of benzene rings is 2. The Morgan fingerprint density at radius 3 is 2.28 bits per heavy atom. The molecule has 0 aliphatic rings. The maximum absolute atomic E-state index is 10.7. The summed E-state index contributed by atoms with van der Waals surface area (Å²) in [5.74, 6) is 1.36. The number of hydrazine groups is 1. The molecule has 0 saturated carbocycles. The molecule has 29 heavy (non-hydrogen) atoms. The number of non-ortho nitro benzene ring substituents is 1. The molecule has 9 nitrogen and oxygen atoms in total. The first-order valence-corrected chi connectivity index (χ1v) is 9.30. The molecule has 2 aromatic carbocycles. The van der Waals surface area contributed by atoms with E-state index in [2.05, 4.69) is 21.5 Å². The molecule has 4 N–H and O–H groups in total. The number of hydrogen-bond donors (Lipinski definition) is 4. The molecule has 0 fully saturated rings. The second-order valence-electron chi connectivity index (χ2n) is 5.70. The molecule has 0 amide bonds. The lowest BCUT2D eigenvalue weighted by molar-refractivity contribution is -0.384. The minimum atomic E-state index is -0.464. The standard InChI is InChI=1S/C18H21N5O4S2/c1-26-15-8-3-12(11-16(15)27-2)9-10-19-17(28)21-22-18(29)20-13-4-6-14(7-5-13)23(24)25/h3-8,11H,9-10H2,1-2H3,(H2,19,21,28)(H2,20,22,29). The highest BCUT2D eigenvalue weighted by molar-refractivity contribution is 7.80. The highest BCUT2D eigenvalue weighted by atomic mass is 32.1. The summed E-state index contributed by atoms with van der Waals surface area (Å²) < 4.78 is 10.5. The van der Waals surface area contributed by atoms with Crippen molar-refractivity contribution in [3.8, 4) is 11.5 Å². The fourth-order valence-electron chi connectivity index (χ4n) is 2.34. The molecule has 0 heterocycles. The van der Waals surface area contributed by atoms with Gasteiger partial charge in [0.2, 0.25) is 0 Å². The lowest BCUT2D eigenvalue weighted by Crippen LogP contribution is -2.48. The molecule has 0 saturated heterocycles. The molecule has 2 aromatic rings. The van der Waals surface area contributed by atoms with Crippen LogP contribution < -0.4 is 31.0 Å². The van der Waals surface area contributed by atoms with Crippen molar-refractivity contribution >= 4 is 46.0 Å². The fraction of sp³-hybridized carbons (Fsp3) is 0.222. The van der Waals surface area contributed by atoms with E-state index in [0.717, 1.165) is 12.0 Å². The Labute approximate surface area is 178 Å². The number of methoxy groups -OCH3 is 2. The predicted molar refractivity (Wildman–Crippen MR) is 119 cm³/mol. The van der Waals surface area contributed by atoms with Crippen LogP contribution in [0.4, 0.5) is 11.4 Å². The summed E-state index contributed by atoms with van der Waals surface area (Å²) in [5, 5.41) is 17.2. The molecular weight excluding hydrogens is 414 g/mol. The first kappa shape index (κ1) is 22.1. The Kier molecular flexibility index (Phi) is 8.37. The van der Waals surface area contributed by atoms with Crippen LogP contribution in [0.15, 0.2) is 42.5 Å². The number of ether oxygens (including phenoxy) is 2. The molecule has 2 rings (SSSR count). The van der Waals surface area contributed by atoms with Gasteiger partial charge in [-0.3, -0.25) is 21.0 Å². The van der Waals surface area contributed by atoms with Gasteiger partial charge < -0.3 is 20.1 Å². The van der Waals surface area contributed by atoms with E-state index in [1.165, 1.54) is 12.1 Å². The van der Waals surface area contributed by atoms with Crippen LogP contribution in [0.2, 0.25) is 0 Å². The molecule has 0 spiro atoms. The Balaban J connectivity index is 1.71. The van der Waals surface area contributed by atoms with Gasteiger partial charge in [-0.05, 0) is 60.7 Å². The summed E-state index contributed by atoms with van der Waals surface area (Å²) in [4.78, 5) is 10.2. The zero-order valence-corrected chi connectivity index (χ0v) is 17.5. The van der Waals surface area contributed by atoms with Crippen molar-refractivity contribution in [3.63, 3.8) is 0 Å². The predicted octanol–water partition coefficient (Wildman–Crippen LogP) is 2.52. The topological polar surface area (TPSA) is 110 Å². The van der Waals surface area contributed by atoms with E-state index >= 15 is 0 Å². The first-order chi connectivity index (χ1) is 13.9. The van der Waals surface area contributed by atoms with Crippen molar-refractivity contribution in [3.05, 3.63) is 58.1 Å². The van der Waals surface area contributed by atoms with Crippen molar-refractivity contribution in [1.29, 1.82) is 0 Å². The Morgan fingerprint density at radius 2 is 1.66 bits per heavy atom. The van der Waals surface area contributed by atoms with Gasteiger partial charge in [-0.15, -0.1) is 0 Å². The van der Waals surface area contributed by atoms with Gasteiger partial charge in [0.15, 0.2) is 21.7 Å². The van der Waals surface area contributed by atoms with Gasteiger partial charge in [0, 0.05) is 24.4 Å². The SMILES string of the molecule is COc1ccc(CCNC(=S)NNC(=S)Nc2ccc([N+](=O)[O-])cc2)cc1OC. The highest BCUT2D eigenvalue weighted by Gasteiger charge is 2.06.